The van der Waals surface area contributed by atoms with E-state index in [0.717, 1.165) is 5.69 Å². The predicted octanol–water partition coefficient (Wildman–Crippen LogP) is -0.468. The molecule has 0 atom stereocenters. The lowest BCUT2D eigenvalue weighted by Crippen LogP contribution is -2.41. The zero-order chi connectivity index (χ0) is 14.3. The van der Waals surface area contributed by atoms with Crippen molar-refractivity contribution in [3.8, 4) is 0 Å². The number of aliphatic hydroxyl groups is 1. The van der Waals surface area contributed by atoms with Crippen LogP contribution in [0.5, 0.6) is 0 Å². The Kier molecular flexibility index (Phi) is 3.29. The van der Waals surface area contributed by atoms with Crippen LogP contribution in [-0.4, -0.2) is 54.2 Å². The number of aromatic nitrogens is 2. The molecule has 0 bridgehead atoms. The van der Waals surface area contributed by atoms with Gasteiger partial charge in [-0.25, -0.2) is 13.4 Å². The van der Waals surface area contributed by atoms with Crippen molar-refractivity contribution in [2.24, 2.45) is 0 Å². The molecule has 2 fully saturated rings. The molecule has 3 N–H and O–H groups in total. The quantitative estimate of drug-likeness (QED) is 0.759. The largest absolute Gasteiger partial charge is 0.393 e. The van der Waals surface area contributed by atoms with Crippen molar-refractivity contribution < 1.29 is 13.5 Å². The standard InChI is InChI=1S/C12H18N4O3S/c13-12-14-10(8-5-9(17)6-8)7-11(15-12)16-1-3-20(18,19)4-2-16/h7-9,17H,1-6H2,(H2,13,14,15). The van der Waals surface area contributed by atoms with Crippen LogP contribution in [0.2, 0.25) is 0 Å². The van der Waals surface area contributed by atoms with Crippen molar-refractivity contribution in [3.05, 3.63) is 11.8 Å². The van der Waals surface area contributed by atoms with Crippen LogP contribution in [0.25, 0.3) is 0 Å². The summed E-state index contributed by atoms with van der Waals surface area (Å²) in [5.74, 6) is 1.40. The molecule has 0 amide bonds. The van der Waals surface area contributed by atoms with E-state index < -0.39 is 9.84 Å². The molecule has 8 heteroatoms. The van der Waals surface area contributed by atoms with Gasteiger partial charge in [-0.15, -0.1) is 0 Å². The first-order valence-electron chi connectivity index (χ1n) is 6.71. The van der Waals surface area contributed by atoms with E-state index in [4.69, 9.17) is 5.73 Å². The highest BCUT2D eigenvalue weighted by molar-refractivity contribution is 7.91. The molecule has 2 aliphatic rings. The molecule has 2 heterocycles. The van der Waals surface area contributed by atoms with Gasteiger partial charge in [0.1, 0.15) is 5.82 Å². The SMILES string of the molecule is Nc1nc(C2CC(O)C2)cc(N2CCS(=O)(=O)CC2)n1. The maximum atomic E-state index is 11.4. The first-order chi connectivity index (χ1) is 9.43. The Morgan fingerprint density at radius 3 is 2.50 bits per heavy atom. The Balaban J connectivity index is 1.80. The molecule has 0 radical (unpaired) electrons. The first kappa shape index (κ1) is 13.6. The molecule has 1 aromatic rings. The summed E-state index contributed by atoms with van der Waals surface area (Å²) in [5, 5.41) is 9.37. The van der Waals surface area contributed by atoms with Gasteiger partial charge in [-0.3, -0.25) is 0 Å². The summed E-state index contributed by atoms with van der Waals surface area (Å²) in [6, 6.07) is 1.87. The van der Waals surface area contributed by atoms with E-state index in [1.165, 1.54) is 0 Å². The molecule has 1 aliphatic carbocycles. The molecule has 3 rings (SSSR count). The van der Waals surface area contributed by atoms with Gasteiger partial charge < -0.3 is 15.7 Å². The van der Waals surface area contributed by atoms with E-state index in [1.807, 2.05) is 11.0 Å². The summed E-state index contributed by atoms with van der Waals surface area (Å²) in [6.07, 6.45) is 1.15. The maximum absolute atomic E-state index is 11.4. The van der Waals surface area contributed by atoms with Crippen molar-refractivity contribution in [1.29, 1.82) is 0 Å². The molecule has 7 nitrogen and oxygen atoms in total. The fraction of sp³-hybridized carbons (Fsp3) is 0.667. The maximum Gasteiger partial charge on any atom is 0.222 e. The number of rotatable bonds is 2. The number of nitrogens with zero attached hydrogens (tertiary/aromatic N) is 3. The summed E-state index contributed by atoms with van der Waals surface area (Å²) in [5.41, 5.74) is 6.58. The molecule has 0 unspecified atom stereocenters. The van der Waals surface area contributed by atoms with E-state index in [1.54, 1.807) is 0 Å². The molecule has 0 aromatic carbocycles. The molecule has 1 aliphatic heterocycles. The van der Waals surface area contributed by atoms with Crippen LogP contribution >= 0.6 is 0 Å². The molecular weight excluding hydrogens is 280 g/mol. The number of sulfone groups is 1. The molecule has 1 aromatic heterocycles. The van der Waals surface area contributed by atoms with Gasteiger partial charge in [0.25, 0.3) is 0 Å². The lowest BCUT2D eigenvalue weighted by atomic mass is 9.80. The summed E-state index contributed by atoms with van der Waals surface area (Å²) >= 11 is 0. The predicted molar refractivity (Wildman–Crippen MR) is 75.3 cm³/mol. The smallest absolute Gasteiger partial charge is 0.222 e. The monoisotopic (exact) mass is 298 g/mol. The van der Waals surface area contributed by atoms with Gasteiger partial charge in [-0.1, -0.05) is 0 Å². The summed E-state index contributed by atoms with van der Waals surface area (Å²) in [7, 11) is -2.91. The van der Waals surface area contributed by atoms with Crippen LogP contribution < -0.4 is 10.6 Å². The number of nitrogens with two attached hydrogens (primary N) is 1. The lowest BCUT2D eigenvalue weighted by Gasteiger charge is -2.32. The van der Waals surface area contributed by atoms with Gasteiger partial charge in [0.15, 0.2) is 9.84 Å². The minimum atomic E-state index is -2.91. The number of nitrogen functional groups attached to an aromatic ring is 1. The second-order valence-electron chi connectivity index (χ2n) is 5.47. The van der Waals surface area contributed by atoms with Gasteiger partial charge in [0.05, 0.1) is 23.3 Å². The van der Waals surface area contributed by atoms with Crippen molar-refractivity contribution in [2.45, 2.75) is 24.9 Å². The molecule has 0 spiro atoms. The molecular formula is C12H18N4O3S. The van der Waals surface area contributed by atoms with Gasteiger partial charge in [0.2, 0.25) is 5.95 Å². The molecule has 1 saturated carbocycles. The lowest BCUT2D eigenvalue weighted by molar-refractivity contribution is 0.0732. The zero-order valence-electron chi connectivity index (χ0n) is 11.1. The minimum Gasteiger partial charge on any atom is -0.393 e. The number of hydrogen-bond acceptors (Lipinski definition) is 7. The Bertz CT molecular complexity index is 599. The summed E-state index contributed by atoms with van der Waals surface area (Å²) < 4.78 is 22.9. The Morgan fingerprint density at radius 1 is 1.25 bits per heavy atom. The van der Waals surface area contributed by atoms with Gasteiger partial charge in [-0.2, -0.15) is 4.98 Å². The second-order valence-corrected chi connectivity index (χ2v) is 7.77. The van der Waals surface area contributed by atoms with Crippen LogP contribution in [0, 0.1) is 0 Å². The van der Waals surface area contributed by atoms with Gasteiger partial charge >= 0.3 is 0 Å². The van der Waals surface area contributed by atoms with Crippen molar-refractivity contribution in [2.75, 3.05) is 35.2 Å². The molecule has 1 saturated heterocycles. The Morgan fingerprint density at radius 2 is 1.90 bits per heavy atom. The number of hydrogen-bond donors (Lipinski definition) is 2. The number of aliphatic hydroxyl groups excluding tert-OH is 1. The molecule has 110 valence electrons. The Hall–Kier alpha value is -1.41. The second kappa shape index (κ2) is 4.85. The normalized spacial score (nSPS) is 28.9. The van der Waals surface area contributed by atoms with E-state index in [9.17, 15) is 13.5 Å². The van der Waals surface area contributed by atoms with Crippen molar-refractivity contribution >= 4 is 21.6 Å². The van der Waals surface area contributed by atoms with E-state index in [0.29, 0.717) is 31.7 Å². The van der Waals surface area contributed by atoms with Gasteiger partial charge in [-0.05, 0) is 12.8 Å². The van der Waals surface area contributed by atoms with Crippen LogP contribution in [-0.2, 0) is 9.84 Å². The van der Waals surface area contributed by atoms with Crippen LogP contribution in [0.15, 0.2) is 6.07 Å². The highest BCUT2D eigenvalue weighted by Gasteiger charge is 2.31. The van der Waals surface area contributed by atoms with Crippen LogP contribution in [0.4, 0.5) is 11.8 Å². The third-order valence-corrected chi connectivity index (χ3v) is 5.56. The average Bonchev–Trinajstić information content (AvgIpc) is 2.34. The first-order valence-corrected chi connectivity index (χ1v) is 8.53. The minimum absolute atomic E-state index is 0.147. The summed E-state index contributed by atoms with van der Waals surface area (Å²) in [6.45, 7) is 0.872. The average molecular weight is 298 g/mol. The van der Waals surface area contributed by atoms with E-state index >= 15 is 0 Å². The highest BCUT2D eigenvalue weighted by atomic mass is 32.2. The summed E-state index contributed by atoms with van der Waals surface area (Å²) in [4.78, 5) is 10.4. The zero-order valence-corrected chi connectivity index (χ0v) is 11.9. The number of anilines is 2. The van der Waals surface area contributed by atoms with Crippen molar-refractivity contribution in [1.82, 2.24) is 9.97 Å². The highest BCUT2D eigenvalue weighted by Crippen LogP contribution is 2.37. The van der Waals surface area contributed by atoms with Crippen molar-refractivity contribution in [3.63, 3.8) is 0 Å². The third kappa shape index (κ3) is 2.71. The van der Waals surface area contributed by atoms with Crippen LogP contribution in [0.3, 0.4) is 0 Å². The van der Waals surface area contributed by atoms with Crippen LogP contribution in [0.1, 0.15) is 24.5 Å². The fourth-order valence-corrected chi connectivity index (χ4v) is 3.81. The topological polar surface area (TPSA) is 109 Å². The van der Waals surface area contributed by atoms with E-state index in [-0.39, 0.29) is 29.5 Å². The fourth-order valence-electron chi connectivity index (χ4n) is 2.61. The van der Waals surface area contributed by atoms with E-state index in [2.05, 4.69) is 9.97 Å². The Labute approximate surface area is 117 Å². The third-order valence-electron chi connectivity index (χ3n) is 3.95. The molecule has 20 heavy (non-hydrogen) atoms. The van der Waals surface area contributed by atoms with Gasteiger partial charge in [0, 0.05) is 25.1 Å².